The second-order valence-electron chi connectivity index (χ2n) is 1.44. The van der Waals surface area contributed by atoms with Crippen LogP contribution in [0.1, 0.15) is 6.42 Å². The molecule has 9 heavy (non-hydrogen) atoms. The highest BCUT2D eigenvalue weighted by Gasteiger charge is 1.90. The summed E-state index contributed by atoms with van der Waals surface area (Å²) >= 11 is 6.61. The average molecular weight is 162 g/mol. The Balaban J connectivity index is 3.27. The van der Waals surface area contributed by atoms with E-state index in [9.17, 15) is 0 Å². The third kappa shape index (κ3) is 5.92. The van der Waals surface area contributed by atoms with E-state index in [1.54, 1.807) is 18.8 Å². The smallest absolute Gasteiger partial charge is 0.126 e. The van der Waals surface area contributed by atoms with E-state index in [-0.39, 0.29) is 0 Å². The van der Waals surface area contributed by atoms with Crippen molar-refractivity contribution in [3.63, 3.8) is 0 Å². The number of hydrogen-bond donors (Lipinski definition) is 0. The van der Waals surface area contributed by atoms with Crippen molar-refractivity contribution in [2.75, 3.05) is 19.1 Å². The highest BCUT2D eigenvalue weighted by molar-refractivity contribution is 7.98. The molecule has 0 radical (unpaired) electrons. The zero-order valence-electron chi connectivity index (χ0n) is 5.63. The third-order valence-electron chi connectivity index (χ3n) is 0.732. The van der Waals surface area contributed by atoms with E-state index in [0.29, 0.717) is 4.99 Å². The fourth-order valence-corrected chi connectivity index (χ4v) is 1.06. The van der Waals surface area contributed by atoms with Gasteiger partial charge in [-0.3, -0.25) is 0 Å². The van der Waals surface area contributed by atoms with Crippen LogP contribution in [0.2, 0.25) is 0 Å². The Kier molecular flexibility index (Phi) is 6.19. The van der Waals surface area contributed by atoms with Crippen LogP contribution in [0.5, 0.6) is 0 Å². The van der Waals surface area contributed by atoms with Gasteiger partial charge < -0.3 is 0 Å². The lowest BCUT2D eigenvalue weighted by Crippen LogP contribution is -1.89. The maximum absolute atomic E-state index is 4.84. The Labute approximate surface area is 65.1 Å². The zero-order valence-corrected chi connectivity index (χ0v) is 7.26. The number of rotatable bonds is 3. The van der Waals surface area contributed by atoms with Gasteiger partial charge in [-0.15, -0.1) is 5.11 Å². The fraction of sp³-hybridized carbons (Fsp3) is 0.800. The quantitative estimate of drug-likeness (QED) is 0.469. The van der Waals surface area contributed by atoms with E-state index in [4.69, 9.17) is 12.2 Å². The second kappa shape index (κ2) is 6.16. The van der Waals surface area contributed by atoms with Crippen LogP contribution in [0.15, 0.2) is 10.2 Å². The van der Waals surface area contributed by atoms with Crippen molar-refractivity contribution < 1.29 is 0 Å². The zero-order chi connectivity index (χ0) is 7.11. The standard InChI is InChI=1S/C5H10N2S2/c1-6-7-5(8)3-4-9-2/h3-4H2,1-2H3. The normalized spacial score (nSPS) is 10.4. The van der Waals surface area contributed by atoms with Gasteiger partial charge in [0.2, 0.25) is 0 Å². The molecule has 52 valence electrons. The minimum atomic E-state index is 0.701. The summed E-state index contributed by atoms with van der Waals surface area (Å²) in [4.78, 5) is 0.701. The van der Waals surface area contributed by atoms with Crippen molar-refractivity contribution in [1.29, 1.82) is 0 Å². The predicted molar refractivity (Wildman–Crippen MR) is 46.4 cm³/mol. The summed E-state index contributed by atoms with van der Waals surface area (Å²) in [6, 6.07) is 0. The molecule has 0 heterocycles. The molecule has 0 rings (SSSR count). The van der Waals surface area contributed by atoms with Gasteiger partial charge in [-0.1, -0.05) is 12.2 Å². The van der Waals surface area contributed by atoms with Crippen LogP contribution in [0, 0.1) is 0 Å². The van der Waals surface area contributed by atoms with Crippen molar-refractivity contribution in [1.82, 2.24) is 0 Å². The largest absolute Gasteiger partial charge is 0.192 e. The topological polar surface area (TPSA) is 24.7 Å². The molecule has 0 aromatic rings. The molecule has 0 bridgehead atoms. The maximum atomic E-state index is 4.84. The van der Waals surface area contributed by atoms with Gasteiger partial charge in [0.25, 0.3) is 0 Å². The molecule has 0 saturated carbocycles. The van der Waals surface area contributed by atoms with E-state index < -0.39 is 0 Å². The molecular weight excluding hydrogens is 152 g/mol. The first-order valence-corrected chi connectivity index (χ1v) is 4.43. The van der Waals surface area contributed by atoms with Crippen LogP contribution in [0.3, 0.4) is 0 Å². The first-order valence-electron chi connectivity index (χ1n) is 2.63. The molecule has 0 aromatic heterocycles. The van der Waals surface area contributed by atoms with Crippen molar-refractivity contribution in [3.05, 3.63) is 0 Å². The van der Waals surface area contributed by atoms with Crippen LogP contribution in [0.25, 0.3) is 0 Å². The van der Waals surface area contributed by atoms with Crippen molar-refractivity contribution in [3.8, 4) is 0 Å². The summed E-state index contributed by atoms with van der Waals surface area (Å²) in [5, 5.41) is 7.27. The molecule has 0 unspecified atom stereocenters. The molecule has 0 saturated heterocycles. The minimum absolute atomic E-state index is 0.701. The third-order valence-corrected chi connectivity index (χ3v) is 1.63. The van der Waals surface area contributed by atoms with Crippen LogP contribution < -0.4 is 0 Å². The molecule has 0 amide bonds. The second-order valence-corrected chi connectivity index (χ2v) is 2.89. The van der Waals surface area contributed by atoms with E-state index in [1.165, 1.54) is 0 Å². The average Bonchev–Trinajstić information content (AvgIpc) is 1.85. The summed E-state index contributed by atoms with van der Waals surface area (Å²) < 4.78 is 0. The van der Waals surface area contributed by atoms with Gasteiger partial charge in [0.05, 0.1) is 0 Å². The van der Waals surface area contributed by atoms with Crippen LogP contribution in [0.4, 0.5) is 0 Å². The number of nitrogens with zero attached hydrogens (tertiary/aromatic N) is 2. The molecule has 0 aromatic carbocycles. The number of thioether (sulfide) groups is 1. The lowest BCUT2D eigenvalue weighted by molar-refractivity contribution is 1.17. The maximum Gasteiger partial charge on any atom is 0.126 e. The van der Waals surface area contributed by atoms with Gasteiger partial charge in [0.15, 0.2) is 0 Å². The van der Waals surface area contributed by atoms with Gasteiger partial charge in [0, 0.05) is 13.5 Å². The fourth-order valence-electron chi connectivity index (χ4n) is 0.351. The summed E-state index contributed by atoms with van der Waals surface area (Å²) in [7, 11) is 1.63. The monoisotopic (exact) mass is 162 g/mol. The lowest BCUT2D eigenvalue weighted by atomic mass is 10.5. The van der Waals surface area contributed by atoms with Crippen molar-refractivity contribution >= 4 is 29.0 Å². The van der Waals surface area contributed by atoms with E-state index in [0.717, 1.165) is 12.2 Å². The summed E-state index contributed by atoms with van der Waals surface area (Å²) in [5.74, 6) is 1.04. The summed E-state index contributed by atoms with van der Waals surface area (Å²) in [6.07, 6.45) is 2.92. The van der Waals surface area contributed by atoms with Crippen molar-refractivity contribution in [2.24, 2.45) is 10.2 Å². The van der Waals surface area contributed by atoms with E-state index in [1.807, 2.05) is 6.26 Å². The molecule has 0 N–H and O–H groups in total. The highest BCUT2D eigenvalue weighted by atomic mass is 32.2. The SMILES string of the molecule is CN=NC(=S)CCSC. The Morgan fingerprint density at radius 3 is 2.78 bits per heavy atom. The number of azo groups is 1. The van der Waals surface area contributed by atoms with E-state index >= 15 is 0 Å². The molecule has 0 atom stereocenters. The van der Waals surface area contributed by atoms with E-state index in [2.05, 4.69) is 10.2 Å². The molecule has 0 aliphatic carbocycles. The molecule has 0 aliphatic heterocycles. The number of thiocarbonyl (C=S) groups is 1. The molecule has 0 fully saturated rings. The first kappa shape index (κ1) is 9.04. The van der Waals surface area contributed by atoms with Crippen LogP contribution >= 0.6 is 24.0 Å². The lowest BCUT2D eigenvalue weighted by Gasteiger charge is -1.90. The Morgan fingerprint density at radius 1 is 1.67 bits per heavy atom. The Bertz CT molecular complexity index is 112. The van der Waals surface area contributed by atoms with Gasteiger partial charge in [-0.2, -0.15) is 16.9 Å². The summed E-state index contributed by atoms with van der Waals surface area (Å²) in [5.41, 5.74) is 0. The molecule has 0 aliphatic rings. The molecular formula is C5H10N2S2. The van der Waals surface area contributed by atoms with Crippen molar-refractivity contribution in [2.45, 2.75) is 6.42 Å². The van der Waals surface area contributed by atoms with Gasteiger partial charge >= 0.3 is 0 Å². The predicted octanol–water partition coefficient (Wildman–Crippen LogP) is 2.15. The number of hydrogen-bond acceptors (Lipinski definition) is 3. The minimum Gasteiger partial charge on any atom is -0.192 e. The molecule has 0 spiro atoms. The van der Waals surface area contributed by atoms with Gasteiger partial charge in [-0.25, -0.2) is 0 Å². The van der Waals surface area contributed by atoms with Gasteiger partial charge in [0.1, 0.15) is 4.99 Å². The molecule has 2 nitrogen and oxygen atoms in total. The Morgan fingerprint density at radius 2 is 2.33 bits per heavy atom. The van der Waals surface area contributed by atoms with Crippen LogP contribution in [-0.2, 0) is 0 Å². The highest BCUT2D eigenvalue weighted by Crippen LogP contribution is 1.98. The molecule has 4 heteroatoms. The van der Waals surface area contributed by atoms with Gasteiger partial charge in [-0.05, 0) is 12.0 Å². The Hall–Kier alpha value is 0.0400. The summed E-state index contributed by atoms with van der Waals surface area (Å²) in [6.45, 7) is 0. The first-order chi connectivity index (χ1) is 4.31. The van der Waals surface area contributed by atoms with Crippen LogP contribution in [-0.4, -0.2) is 24.0 Å².